The van der Waals surface area contributed by atoms with E-state index in [1.54, 1.807) is 0 Å². The molecule has 0 saturated heterocycles. The van der Waals surface area contributed by atoms with Crippen molar-refractivity contribution < 1.29 is 0 Å². The number of hydrogen-bond donors (Lipinski definition) is 1. The quantitative estimate of drug-likeness (QED) is 0.787. The number of hydrogen-bond acceptors (Lipinski definition) is 3. The summed E-state index contributed by atoms with van der Waals surface area (Å²) in [5, 5.41) is 2.33. The Balaban J connectivity index is 2.22. The van der Waals surface area contributed by atoms with Crippen LogP contribution in [-0.2, 0) is 6.54 Å². The second kappa shape index (κ2) is 5.94. The molecule has 21 heavy (non-hydrogen) atoms. The molecule has 0 atom stereocenters. The van der Waals surface area contributed by atoms with Crippen LogP contribution in [0.3, 0.4) is 0 Å². The maximum absolute atomic E-state index is 5.81. The molecule has 1 aromatic heterocycles. The summed E-state index contributed by atoms with van der Waals surface area (Å²) in [6.45, 7) is 3.44. The highest BCUT2D eigenvalue weighted by Crippen LogP contribution is 2.30. The van der Waals surface area contributed by atoms with E-state index in [4.69, 9.17) is 10.7 Å². The van der Waals surface area contributed by atoms with Crippen molar-refractivity contribution in [1.29, 1.82) is 0 Å². The van der Waals surface area contributed by atoms with Crippen molar-refractivity contribution in [3.63, 3.8) is 0 Å². The van der Waals surface area contributed by atoms with Gasteiger partial charge < -0.3 is 10.6 Å². The molecular formula is C18H19N3. The molecule has 3 heteroatoms. The zero-order chi connectivity index (χ0) is 14.7. The van der Waals surface area contributed by atoms with Gasteiger partial charge in [-0.15, -0.1) is 0 Å². The highest BCUT2D eigenvalue weighted by atomic mass is 15.2. The zero-order valence-corrected chi connectivity index (χ0v) is 12.2. The van der Waals surface area contributed by atoms with E-state index in [-0.39, 0.29) is 0 Å². The first-order valence-corrected chi connectivity index (χ1v) is 7.24. The van der Waals surface area contributed by atoms with E-state index in [9.17, 15) is 0 Å². The van der Waals surface area contributed by atoms with Gasteiger partial charge in [0.05, 0.1) is 5.69 Å². The zero-order valence-electron chi connectivity index (χ0n) is 12.2. The number of nitrogens with zero attached hydrogens (tertiary/aromatic N) is 2. The van der Waals surface area contributed by atoms with E-state index in [0.29, 0.717) is 6.54 Å². The Bertz CT molecular complexity index is 738. The lowest BCUT2D eigenvalue weighted by atomic mass is 10.1. The number of pyridine rings is 1. The Morgan fingerprint density at radius 3 is 2.43 bits per heavy atom. The third-order valence-corrected chi connectivity index (χ3v) is 3.62. The van der Waals surface area contributed by atoms with Gasteiger partial charge in [-0.2, -0.15) is 0 Å². The van der Waals surface area contributed by atoms with Crippen LogP contribution >= 0.6 is 0 Å². The lowest BCUT2D eigenvalue weighted by molar-refractivity contribution is 0.949. The molecule has 0 amide bonds. The Labute approximate surface area is 125 Å². The largest absolute Gasteiger partial charge is 0.326 e. The molecule has 0 aliphatic rings. The summed E-state index contributed by atoms with van der Waals surface area (Å²) in [6, 6.07) is 20.7. The summed E-state index contributed by atoms with van der Waals surface area (Å²) in [6.07, 6.45) is 0. The summed E-state index contributed by atoms with van der Waals surface area (Å²) >= 11 is 0. The van der Waals surface area contributed by atoms with Gasteiger partial charge in [0.15, 0.2) is 0 Å². The van der Waals surface area contributed by atoms with Gasteiger partial charge >= 0.3 is 0 Å². The number of rotatable bonds is 4. The van der Waals surface area contributed by atoms with Gasteiger partial charge in [-0.25, -0.2) is 4.98 Å². The molecule has 0 saturated carbocycles. The first-order chi connectivity index (χ1) is 10.3. The maximum atomic E-state index is 5.81. The topological polar surface area (TPSA) is 42.2 Å². The molecule has 2 aromatic carbocycles. The smallest absolute Gasteiger partial charge is 0.141 e. The normalized spacial score (nSPS) is 10.8. The van der Waals surface area contributed by atoms with Crippen molar-refractivity contribution >= 4 is 22.3 Å². The van der Waals surface area contributed by atoms with Crippen molar-refractivity contribution in [2.75, 3.05) is 11.4 Å². The predicted molar refractivity (Wildman–Crippen MR) is 88.8 cm³/mol. The van der Waals surface area contributed by atoms with Gasteiger partial charge in [0, 0.05) is 24.2 Å². The van der Waals surface area contributed by atoms with Gasteiger partial charge in [0.25, 0.3) is 0 Å². The molecular weight excluding hydrogens is 258 g/mol. The van der Waals surface area contributed by atoms with Crippen molar-refractivity contribution in [2.24, 2.45) is 5.73 Å². The molecule has 1 heterocycles. The molecule has 3 nitrogen and oxygen atoms in total. The minimum atomic E-state index is 0.449. The Kier molecular flexibility index (Phi) is 3.84. The van der Waals surface area contributed by atoms with Crippen molar-refractivity contribution in [3.8, 4) is 0 Å². The van der Waals surface area contributed by atoms with Crippen molar-refractivity contribution in [2.45, 2.75) is 13.5 Å². The molecule has 3 aromatic rings. The van der Waals surface area contributed by atoms with Crippen LogP contribution in [0.1, 0.15) is 12.6 Å². The highest BCUT2D eigenvalue weighted by molar-refractivity contribution is 5.94. The lowest BCUT2D eigenvalue weighted by Crippen LogP contribution is -2.18. The summed E-state index contributed by atoms with van der Waals surface area (Å²) < 4.78 is 0. The maximum Gasteiger partial charge on any atom is 0.141 e. The second-order valence-electron chi connectivity index (χ2n) is 4.94. The van der Waals surface area contributed by atoms with E-state index in [1.165, 1.54) is 5.39 Å². The van der Waals surface area contributed by atoms with Gasteiger partial charge in [-0.1, -0.05) is 42.5 Å². The number of fused-ring (bicyclic) bond motifs is 1. The minimum absolute atomic E-state index is 0.449. The molecule has 0 aliphatic heterocycles. The summed E-state index contributed by atoms with van der Waals surface area (Å²) in [4.78, 5) is 6.99. The standard InChI is InChI=1S/C18H19N3/c1-2-21(16-9-4-3-5-10-16)18-17-11-7-6-8-14(17)12-15(13-19)20-18/h3-12H,2,13,19H2,1H3. The average Bonchev–Trinajstić information content (AvgIpc) is 2.56. The van der Waals surface area contributed by atoms with Gasteiger partial charge in [-0.05, 0) is 30.5 Å². The molecule has 2 N–H and O–H groups in total. The minimum Gasteiger partial charge on any atom is -0.326 e. The number of aromatic nitrogens is 1. The van der Waals surface area contributed by atoms with Crippen LogP contribution in [0.4, 0.5) is 11.5 Å². The molecule has 3 rings (SSSR count). The van der Waals surface area contributed by atoms with E-state index in [2.05, 4.69) is 48.2 Å². The molecule has 0 unspecified atom stereocenters. The number of nitrogens with two attached hydrogens (primary N) is 1. The SMILES string of the molecule is CCN(c1ccccc1)c1nc(CN)cc2ccccc12. The number of benzene rings is 2. The van der Waals surface area contributed by atoms with E-state index in [0.717, 1.165) is 29.1 Å². The van der Waals surface area contributed by atoms with Crippen LogP contribution in [-0.4, -0.2) is 11.5 Å². The van der Waals surface area contributed by atoms with E-state index in [1.807, 2.05) is 24.3 Å². The summed E-state index contributed by atoms with van der Waals surface area (Å²) in [5.74, 6) is 0.974. The van der Waals surface area contributed by atoms with Crippen LogP contribution in [0.5, 0.6) is 0 Å². The van der Waals surface area contributed by atoms with Gasteiger partial charge in [-0.3, -0.25) is 0 Å². The average molecular weight is 277 g/mol. The fourth-order valence-corrected chi connectivity index (χ4v) is 2.61. The van der Waals surface area contributed by atoms with Gasteiger partial charge in [0.1, 0.15) is 5.82 Å². The number of para-hydroxylation sites is 1. The molecule has 0 radical (unpaired) electrons. The first kappa shape index (κ1) is 13.6. The fourth-order valence-electron chi connectivity index (χ4n) is 2.61. The molecule has 0 fully saturated rings. The van der Waals surface area contributed by atoms with Crippen LogP contribution in [0.25, 0.3) is 10.8 Å². The van der Waals surface area contributed by atoms with E-state index >= 15 is 0 Å². The molecule has 0 aliphatic carbocycles. The van der Waals surface area contributed by atoms with Crippen molar-refractivity contribution in [1.82, 2.24) is 4.98 Å². The highest BCUT2D eigenvalue weighted by Gasteiger charge is 2.13. The molecule has 0 spiro atoms. The predicted octanol–water partition coefficient (Wildman–Crippen LogP) is 3.85. The Morgan fingerprint density at radius 1 is 1.00 bits per heavy atom. The van der Waals surface area contributed by atoms with Crippen LogP contribution in [0.2, 0.25) is 0 Å². The lowest BCUT2D eigenvalue weighted by Gasteiger charge is -2.24. The Morgan fingerprint density at radius 2 is 1.71 bits per heavy atom. The van der Waals surface area contributed by atoms with Crippen LogP contribution < -0.4 is 10.6 Å². The third-order valence-electron chi connectivity index (χ3n) is 3.62. The number of anilines is 2. The Hall–Kier alpha value is -2.39. The monoisotopic (exact) mass is 277 g/mol. The fraction of sp³-hybridized carbons (Fsp3) is 0.167. The van der Waals surface area contributed by atoms with Crippen LogP contribution in [0.15, 0.2) is 60.7 Å². The molecule has 0 bridgehead atoms. The third kappa shape index (κ3) is 2.60. The summed E-state index contributed by atoms with van der Waals surface area (Å²) in [7, 11) is 0. The van der Waals surface area contributed by atoms with Crippen molar-refractivity contribution in [3.05, 3.63) is 66.4 Å². The second-order valence-corrected chi connectivity index (χ2v) is 4.94. The first-order valence-electron chi connectivity index (χ1n) is 7.24. The summed E-state index contributed by atoms with van der Waals surface area (Å²) in [5.41, 5.74) is 7.87. The molecule has 106 valence electrons. The van der Waals surface area contributed by atoms with E-state index < -0.39 is 0 Å². The van der Waals surface area contributed by atoms with Gasteiger partial charge in [0.2, 0.25) is 0 Å². The van der Waals surface area contributed by atoms with Crippen LogP contribution in [0, 0.1) is 0 Å².